The van der Waals surface area contributed by atoms with Crippen molar-refractivity contribution in [3.05, 3.63) is 137 Å². The molecule has 0 saturated carbocycles. The van der Waals surface area contributed by atoms with Crippen LogP contribution in [0.5, 0.6) is 0 Å². The average Bonchev–Trinajstić information content (AvgIpc) is 3.90. The van der Waals surface area contributed by atoms with Gasteiger partial charge >= 0.3 is 5.97 Å². The van der Waals surface area contributed by atoms with Gasteiger partial charge in [-0.15, -0.1) is 0 Å². The lowest BCUT2D eigenvalue weighted by Gasteiger charge is -2.27. The van der Waals surface area contributed by atoms with E-state index in [-0.39, 0.29) is 5.97 Å². The molecule has 6 nitrogen and oxygen atoms in total. The third-order valence-corrected chi connectivity index (χ3v) is 10.1. The molecule has 0 bridgehead atoms. The molecule has 246 valence electrons. The molecular weight excluding hydrogens is 592 g/mol. The van der Waals surface area contributed by atoms with Crippen LogP contribution in [0.4, 0.5) is 22.7 Å². The van der Waals surface area contributed by atoms with Gasteiger partial charge in [-0.05, 0) is 97.0 Å². The van der Waals surface area contributed by atoms with E-state index in [9.17, 15) is 4.79 Å². The quantitative estimate of drug-likeness (QED) is 0.136. The van der Waals surface area contributed by atoms with Crippen molar-refractivity contribution in [2.24, 2.45) is 0 Å². The molecule has 7 rings (SSSR count). The van der Waals surface area contributed by atoms with Gasteiger partial charge in [-0.25, -0.2) is 4.79 Å². The summed E-state index contributed by atoms with van der Waals surface area (Å²) in [5, 5.41) is 0. The highest BCUT2D eigenvalue weighted by Crippen LogP contribution is 2.45. The number of nitrogens with zero attached hydrogens (tertiary/aromatic N) is 4. The number of cyclic esters (lactones) is 1. The second-order valence-corrected chi connectivity index (χ2v) is 13.6. The Hall–Kier alpha value is -4.97. The van der Waals surface area contributed by atoms with Gasteiger partial charge in [0.25, 0.3) is 0 Å². The number of allylic oxidation sites excluding steroid dienone is 2. The number of fused-ring (bicyclic) bond motifs is 1. The molecule has 2 saturated heterocycles. The van der Waals surface area contributed by atoms with Gasteiger partial charge in [0.05, 0.1) is 5.56 Å². The Bertz CT molecular complexity index is 1750. The van der Waals surface area contributed by atoms with Crippen molar-refractivity contribution in [3.63, 3.8) is 0 Å². The first-order valence-corrected chi connectivity index (χ1v) is 17.3. The predicted molar refractivity (Wildman–Crippen MR) is 200 cm³/mol. The molecule has 1 unspecified atom stereocenters. The summed E-state index contributed by atoms with van der Waals surface area (Å²) in [4.78, 5) is 22.5. The van der Waals surface area contributed by atoms with E-state index in [0.29, 0.717) is 5.56 Å². The number of hydrogen-bond acceptors (Lipinski definition) is 6. The summed E-state index contributed by atoms with van der Waals surface area (Å²) in [6.45, 7) is 4.49. The molecule has 0 radical (unpaired) electrons. The molecule has 6 heteroatoms. The zero-order valence-electron chi connectivity index (χ0n) is 28.7. The normalized spacial score (nSPS) is 18.7. The van der Waals surface area contributed by atoms with Gasteiger partial charge < -0.3 is 24.3 Å². The molecular formula is C42H46N4O2. The number of carbonyl (C=O) groups excluding carboxylic acids is 1. The van der Waals surface area contributed by atoms with Gasteiger partial charge in [0, 0.05) is 88.2 Å². The molecule has 4 aromatic rings. The molecule has 0 aromatic heterocycles. The molecule has 48 heavy (non-hydrogen) atoms. The lowest BCUT2D eigenvalue weighted by molar-refractivity contribution is 0.0275. The second kappa shape index (κ2) is 13.3. The van der Waals surface area contributed by atoms with Crippen molar-refractivity contribution in [2.75, 3.05) is 74.0 Å². The number of anilines is 4. The summed E-state index contributed by atoms with van der Waals surface area (Å²) >= 11 is 0. The number of rotatable bonds is 9. The largest absolute Gasteiger partial charge is 0.441 e. The molecule has 4 aromatic carbocycles. The fourth-order valence-electron chi connectivity index (χ4n) is 7.29. The fraction of sp³-hybridized carbons (Fsp3) is 0.310. The molecule has 0 N–H and O–H groups in total. The van der Waals surface area contributed by atoms with E-state index in [1.807, 2.05) is 51.3 Å². The van der Waals surface area contributed by atoms with Crippen LogP contribution < -0.4 is 19.6 Å². The minimum atomic E-state index is -1.05. The first-order chi connectivity index (χ1) is 23.3. The maximum Gasteiger partial charge on any atom is 0.340 e. The molecule has 1 atom stereocenters. The van der Waals surface area contributed by atoms with E-state index >= 15 is 0 Å². The van der Waals surface area contributed by atoms with Crippen LogP contribution in [0.3, 0.4) is 0 Å². The average molecular weight is 639 g/mol. The monoisotopic (exact) mass is 638 g/mol. The Labute approximate surface area is 285 Å². The van der Waals surface area contributed by atoms with E-state index in [1.54, 1.807) is 0 Å². The number of hydrogen-bond donors (Lipinski definition) is 0. The third-order valence-electron chi connectivity index (χ3n) is 10.1. The molecule has 3 aliphatic heterocycles. The predicted octanol–water partition coefficient (Wildman–Crippen LogP) is 8.12. The summed E-state index contributed by atoms with van der Waals surface area (Å²) < 4.78 is 6.38. The highest BCUT2D eigenvalue weighted by molar-refractivity contribution is 5.97. The fourth-order valence-corrected chi connectivity index (χ4v) is 7.29. The minimum absolute atomic E-state index is 0.311. The Morgan fingerprint density at radius 1 is 0.667 bits per heavy atom. The van der Waals surface area contributed by atoms with Crippen molar-refractivity contribution in [2.45, 2.75) is 31.3 Å². The van der Waals surface area contributed by atoms with Crippen molar-refractivity contribution in [1.29, 1.82) is 0 Å². The van der Waals surface area contributed by atoms with Crippen molar-refractivity contribution < 1.29 is 9.53 Å². The Morgan fingerprint density at radius 3 is 1.67 bits per heavy atom. The van der Waals surface area contributed by atoms with Crippen molar-refractivity contribution >= 4 is 34.3 Å². The number of benzene rings is 4. The highest BCUT2D eigenvalue weighted by atomic mass is 16.6. The Morgan fingerprint density at radius 2 is 1.17 bits per heavy atom. The maximum absolute atomic E-state index is 13.5. The van der Waals surface area contributed by atoms with Crippen LogP contribution in [0.15, 0.2) is 109 Å². The molecule has 0 amide bonds. The standard InChI is InChI=1S/C42H46N4O2/c1-43(2)34-21-15-33(16-22-34)42(40-24-23-37(44(3)4)30-39(40)41(47)48-42)25-9-10-38(31-11-17-35(18-12-31)45-26-5-6-27-45)32-13-19-36(20-14-32)46-28-7-8-29-46/h9-25,30H,5-8,26-29H2,1-4H3. The topological polar surface area (TPSA) is 39.3 Å². The SMILES string of the molecule is CN(C)c1ccc(C2(C=CC=C(c3ccc(N4CCCC4)cc3)c3ccc(N4CCCC4)cc3)OC(=O)c3cc(N(C)C)ccc32)cc1. The van der Waals surface area contributed by atoms with Gasteiger partial charge in [-0.1, -0.05) is 54.6 Å². The van der Waals surface area contributed by atoms with Crippen LogP contribution >= 0.6 is 0 Å². The van der Waals surface area contributed by atoms with E-state index < -0.39 is 5.60 Å². The summed E-state index contributed by atoms with van der Waals surface area (Å²) in [5.74, 6) is -0.311. The van der Waals surface area contributed by atoms with Crippen LogP contribution in [-0.2, 0) is 10.3 Å². The smallest absolute Gasteiger partial charge is 0.340 e. The minimum Gasteiger partial charge on any atom is -0.441 e. The van der Waals surface area contributed by atoms with Crippen LogP contribution in [0, 0.1) is 0 Å². The van der Waals surface area contributed by atoms with Crippen molar-refractivity contribution in [1.82, 2.24) is 0 Å². The molecule has 2 fully saturated rings. The Kier molecular flexibility index (Phi) is 8.74. The van der Waals surface area contributed by atoms with Crippen LogP contribution in [0.25, 0.3) is 5.57 Å². The molecule has 0 aliphatic carbocycles. The molecule has 0 spiro atoms. The van der Waals surface area contributed by atoms with Gasteiger partial charge in [-0.2, -0.15) is 0 Å². The third kappa shape index (κ3) is 6.08. The number of ether oxygens (including phenoxy) is 1. The van der Waals surface area contributed by atoms with Crippen LogP contribution in [-0.4, -0.2) is 60.3 Å². The van der Waals surface area contributed by atoms with Gasteiger partial charge in [0.1, 0.15) is 0 Å². The van der Waals surface area contributed by atoms with Crippen LogP contribution in [0.1, 0.15) is 58.3 Å². The van der Waals surface area contributed by atoms with E-state index in [0.717, 1.165) is 65.4 Å². The van der Waals surface area contributed by atoms with Gasteiger partial charge in [-0.3, -0.25) is 0 Å². The van der Waals surface area contributed by atoms with E-state index in [1.165, 1.54) is 37.1 Å². The van der Waals surface area contributed by atoms with Gasteiger partial charge in [0.15, 0.2) is 5.60 Å². The van der Waals surface area contributed by atoms with Crippen molar-refractivity contribution in [3.8, 4) is 0 Å². The highest BCUT2D eigenvalue weighted by Gasteiger charge is 2.45. The van der Waals surface area contributed by atoms with Gasteiger partial charge in [0.2, 0.25) is 0 Å². The number of esters is 1. The van der Waals surface area contributed by atoms with E-state index in [4.69, 9.17) is 4.74 Å². The zero-order chi connectivity index (χ0) is 33.3. The second-order valence-electron chi connectivity index (χ2n) is 13.6. The lowest BCUT2D eigenvalue weighted by atomic mass is 9.84. The lowest BCUT2D eigenvalue weighted by Crippen LogP contribution is -2.25. The molecule has 3 heterocycles. The molecule has 3 aliphatic rings. The first kappa shape index (κ1) is 31.6. The summed E-state index contributed by atoms with van der Waals surface area (Å²) in [6, 6.07) is 32.3. The number of carbonyl (C=O) groups is 1. The van der Waals surface area contributed by atoms with Crippen LogP contribution in [0.2, 0.25) is 0 Å². The Balaban J connectivity index is 1.31. The van der Waals surface area contributed by atoms with E-state index in [2.05, 4.69) is 106 Å². The first-order valence-electron chi connectivity index (χ1n) is 17.3. The maximum atomic E-state index is 13.5. The summed E-state index contributed by atoms with van der Waals surface area (Å²) in [5.41, 5.74) is 9.35. The summed E-state index contributed by atoms with van der Waals surface area (Å²) in [6.07, 6.45) is 11.3. The zero-order valence-corrected chi connectivity index (χ0v) is 28.7. The summed E-state index contributed by atoms with van der Waals surface area (Å²) in [7, 11) is 8.02.